The van der Waals surface area contributed by atoms with Crippen molar-refractivity contribution in [2.24, 2.45) is 5.73 Å². The van der Waals surface area contributed by atoms with Crippen LogP contribution in [-0.4, -0.2) is 55.1 Å². The Morgan fingerprint density at radius 3 is 1.81 bits per heavy atom. The highest BCUT2D eigenvalue weighted by Crippen LogP contribution is 1.78. The van der Waals surface area contributed by atoms with E-state index in [1.165, 1.54) is 11.0 Å². The Hall–Kier alpha value is -2.41. The van der Waals surface area contributed by atoms with E-state index < -0.39 is 11.9 Å². The number of nitrogens with two attached hydrogens (primary N) is 1. The van der Waals surface area contributed by atoms with Gasteiger partial charge in [0.2, 0.25) is 11.8 Å². The van der Waals surface area contributed by atoms with Gasteiger partial charge in [0.1, 0.15) is 6.61 Å². The molecule has 0 aliphatic rings. The van der Waals surface area contributed by atoms with Crippen LogP contribution in [0.2, 0.25) is 0 Å². The van der Waals surface area contributed by atoms with Gasteiger partial charge < -0.3 is 20.5 Å². The first-order valence-corrected chi connectivity index (χ1v) is 5.83. The van der Waals surface area contributed by atoms with Crippen LogP contribution >= 0.6 is 0 Å². The van der Waals surface area contributed by atoms with E-state index >= 15 is 0 Å². The number of hydrogen-bond acceptors (Lipinski definition) is 5. The minimum absolute atomic E-state index is 0.0465. The zero-order valence-electron chi connectivity index (χ0n) is 12.8. The molecule has 120 valence electrons. The fraction of sp³-hybridized carbons (Fsp3) is 0.357. The lowest BCUT2D eigenvalue weighted by atomic mass is 10.3. The summed E-state index contributed by atoms with van der Waals surface area (Å²) in [4.78, 5) is 31.7. The Morgan fingerprint density at radius 1 is 1.24 bits per heavy atom. The van der Waals surface area contributed by atoms with Crippen LogP contribution in [-0.2, 0) is 19.1 Å². The highest BCUT2D eigenvalue weighted by Gasteiger charge is 1.91. The monoisotopic (exact) mass is 300 g/mol. The number of aliphatic hydroxyl groups is 1. The van der Waals surface area contributed by atoms with Crippen LogP contribution in [0.1, 0.15) is 6.92 Å². The van der Waals surface area contributed by atoms with Crippen LogP contribution in [0.15, 0.2) is 37.5 Å². The smallest absolute Gasteiger partial charge is 0.330 e. The molecule has 0 aliphatic carbocycles. The van der Waals surface area contributed by atoms with Gasteiger partial charge in [-0.1, -0.05) is 19.7 Å². The molecule has 21 heavy (non-hydrogen) atoms. The SMILES string of the molecule is C=C(C)C(N)=O.C=CC(=O)N(C)C.C=CC(=O)OCCO. The van der Waals surface area contributed by atoms with Gasteiger partial charge in [0.15, 0.2) is 0 Å². The first-order chi connectivity index (χ1) is 9.63. The molecule has 0 unspecified atom stereocenters. The van der Waals surface area contributed by atoms with Gasteiger partial charge in [0.25, 0.3) is 0 Å². The molecule has 3 N–H and O–H groups in total. The number of likely N-dealkylation sites (N-methyl/N-ethyl adjacent to an activating group) is 1. The quantitative estimate of drug-likeness (QED) is 0.549. The van der Waals surface area contributed by atoms with Gasteiger partial charge in [0.05, 0.1) is 6.61 Å². The summed E-state index contributed by atoms with van der Waals surface area (Å²) in [6.45, 7) is 11.2. The number of esters is 1. The van der Waals surface area contributed by atoms with Gasteiger partial charge in [-0.2, -0.15) is 0 Å². The maximum absolute atomic E-state index is 10.3. The average molecular weight is 300 g/mol. The lowest BCUT2D eigenvalue weighted by Crippen LogP contribution is -2.18. The Bertz CT molecular complexity index is 364. The Labute approximate surface area is 125 Å². The third kappa shape index (κ3) is 23.1. The molecule has 0 rings (SSSR count). The number of ether oxygens (including phenoxy) is 1. The maximum atomic E-state index is 10.3. The number of carbonyl (C=O) groups is 3. The van der Waals surface area contributed by atoms with E-state index in [0.717, 1.165) is 6.08 Å². The van der Waals surface area contributed by atoms with E-state index in [-0.39, 0.29) is 19.1 Å². The van der Waals surface area contributed by atoms with Crippen molar-refractivity contribution in [3.63, 3.8) is 0 Å². The fourth-order valence-corrected chi connectivity index (χ4v) is 0.388. The fourth-order valence-electron chi connectivity index (χ4n) is 0.388. The predicted octanol–water partition coefficient (Wildman–Crippen LogP) is 0.0163. The van der Waals surface area contributed by atoms with Gasteiger partial charge in [-0.3, -0.25) is 9.59 Å². The lowest BCUT2D eigenvalue weighted by Gasteiger charge is -2.03. The van der Waals surface area contributed by atoms with E-state index in [1.807, 2.05) is 0 Å². The molecule has 0 radical (unpaired) electrons. The largest absolute Gasteiger partial charge is 0.460 e. The topological polar surface area (TPSA) is 110 Å². The minimum Gasteiger partial charge on any atom is -0.460 e. The lowest BCUT2D eigenvalue weighted by molar-refractivity contribution is -0.138. The molecule has 0 heterocycles. The number of aliphatic hydroxyl groups excluding tert-OH is 1. The summed E-state index contributed by atoms with van der Waals surface area (Å²) in [7, 11) is 3.37. The summed E-state index contributed by atoms with van der Waals surface area (Å²) in [5.41, 5.74) is 5.09. The van der Waals surface area contributed by atoms with E-state index in [1.54, 1.807) is 21.0 Å². The molecule has 0 spiro atoms. The van der Waals surface area contributed by atoms with Crippen molar-refractivity contribution in [2.45, 2.75) is 6.92 Å². The molecule has 0 atom stereocenters. The van der Waals surface area contributed by atoms with Crippen LogP contribution in [0.5, 0.6) is 0 Å². The third-order valence-corrected chi connectivity index (χ3v) is 1.54. The number of primary amides is 1. The van der Waals surface area contributed by atoms with Gasteiger partial charge in [-0.05, 0) is 13.0 Å². The second kappa shape index (κ2) is 15.6. The van der Waals surface area contributed by atoms with Gasteiger partial charge in [-0.25, -0.2) is 4.79 Å². The molecular formula is C14H24N2O5. The standard InChI is InChI=1S/C5H9NO.C5H8O3.C4H7NO/c1-4-5(7)6(2)3;1-2-5(7)8-4-3-6;1-3(2)4(5)6/h4H,1H2,2-3H3;2,6H,1,3-4H2;1H2,2H3,(H2,5,6). The van der Waals surface area contributed by atoms with Crippen molar-refractivity contribution in [1.29, 1.82) is 0 Å². The van der Waals surface area contributed by atoms with Crippen LogP contribution in [0, 0.1) is 0 Å². The van der Waals surface area contributed by atoms with Crippen LogP contribution in [0.25, 0.3) is 0 Å². The molecule has 7 nitrogen and oxygen atoms in total. The summed E-state index contributed by atoms with van der Waals surface area (Å²) in [6.07, 6.45) is 2.33. The van der Waals surface area contributed by atoms with E-state index in [0.29, 0.717) is 5.57 Å². The zero-order valence-corrected chi connectivity index (χ0v) is 12.8. The second-order valence-corrected chi connectivity index (χ2v) is 3.68. The number of amides is 2. The van der Waals surface area contributed by atoms with Crippen LogP contribution in [0.3, 0.4) is 0 Å². The van der Waals surface area contributed by atoms with Crippen molar-refractivity contribution in [3.05, 3.63) is 37.5 Å². The number of carbonyl (C=O) groups excluding carboxylic acids is 3. The molecule has 0 aromatic rings. The number of rotatable bonds is 5. The molecule has 7 heteroatoms. The molecule has 2 amide bonds. The van der Waals surface area contributed by atoms with Crippen molar-refractivity contribution in [1.82, 2.24) is 4.90 Å². The van der Waals surface area contributed by atoms with Gasteiger partial charge >= 0.3 is 5.97 Å². The summed E-state index contributed by atoms with van der Waals surface area (Å²) < 4.78 is 4.33. The zero-order chi connectivity index (χ0) is 17.4. The summed E-state index contributed by atoms with van der Waals surface area (Å²) in [6, 6.07) is 0. The Morgan fingerprint density at radius 2 is 1.67 bits per heavy atom. The highest BCUT2D eigenvalue weighted by atomic mass is 16.5. The Balaban J connectivity index is -0.000000234. The minimum atomic E-state index is -0.501. The molecule has 0 saturated carbocycles. The van der Waals surface area contributed by atoms with E-state index in [9.17, 15) is 14.4 Å². The summed E-state index contributed by atoms with van der Waals surface area (Å²) in [5.74, 6) is -0.992. The third-order valence-electron chi connectivity index (χ3n) is 1.54. The summed E-state index contributed by atoms with van der Waals surface area (Å²) in [5, 5.41) is 8.10. The molecule has 0 aliphatic heterocycles. The molecule has 0 saturated heterocycles. The van der Waals surface area contributed by atoms with Crippen molar-refractivity contribution < 1.29 is 24.2 Å². The van der Waals surface area contributed by atoms with Gasteiger partial charge in [0, 0.05) is 25.7 Å². The van der Waals surface area contributed by atoms with Crippen LogP contribution < -0.4 is 5.73 Å². The first-order valence-electron chi connectivity index (χ1n) is 5.83. The summed E-state index contributed by atoms with van der Waals surface area (Å²) >= 11 is 0. The number of nitrogens with zero attached hydrogens (tertiary/aromatic N) is 1. The molecule has 0 aromatic carbocycles. The van der Waals surface area contributed by atoms with Crippen LogP contribution in [0.4, 0.5) is 0 Å². The highest BCUT2D eigenvalue weighted by molar-refractivity contribution is 5.90. The normalized spacial score (nSPS) is 7.81. The first kappa shape index (κ1) is 23.7. The molecular weight excluding hydrogens is 276 g/mol. The van der Waals surface area contributed by atoms with Crippen molar-refractivity contribution in [3.8, 4) is 0 Å². The van der Waals surface area contributed by atoms with E-state index in [4.69, 9.17) is 10.8 Å². The van der Waals surface area contributed by atoms with Crippen molar-refractivity contribution in [2.75, 3.05) is 27.3 Å². The maximum Gasteiger partial charge on any atom is 0.330 e. The van der Waals surface area contributed by atoms with E-state index in [2.05, 4.69) is 24.5 Å². The number of hydrogen-bond donors (Lipinski definition) is 2. The van der Waals surface area contributed by atoms with Gasteiger partial charge in [-0.15, -0.1) is 0 Å². The molecule has 0 fully saturated rings. The second-order valence-electron chi connectivity index (χ2n) is 3.68. The Kier molecular flexibility index (Phi) is 17.6. The molecule has 0 aromatic heterocycles. The predicted molar refractivity (Wildman–Crippen MR) is 81.1 cm³/mol. The van der Waals surface area contributed by atoms with Crippen molar-refractivity contribution >= 4 is 17.8 Å². The average Bonchev–Trinajstić information content (AvgIpc) is 2.44. The molecule has 0 bridgehead atoms.